The molecule has 0 nitrogen and oxygen atoms in total. The molecule has 2 aliphatic carbocycles. The molecule has 6 rings (SSSR count). The first-order valence-corrected chi connectivity index (χ1v) is 32.5. The number of fused-ring (bicyclic) bond motifs is 2. The third kappa shape index (κ3) is 7.56. The van der Waals surface area contributed by atoms with E-state index in [0.717, 1.165) is 6.42 Å². The first kappa shape index (κ1) is 41.8. The standard InChI is InChI=1S/C23H27.C22H25.2CH3.2ClH.H2Si.Zr/c1-6-7-17-10-13-20(22-15-16(2)14-21(17)22)18-8-11-19(12-9-18)23(3,4)5;1-15(2)18-13-17-7-6-8-20(21(17)14-18)16-9-11-19(12-10-16)22(3,4)5;;;;;;/h8-15H,6-7H2,1-5H3;6-15H,1-5H3;2*1H3;2*1H;1H2;. The summed E-state index contributed by atoms with van der Waals surface area (Å²) in [6.07, 6.45) is 7.53. The first-order valence-electron chi connectivity index (χ1n) is 18.8. The van der Waals surface area contributed by atoms with Crippen LogP contribution >= 0.6 is 24.8 Å². The van der Waals surface area contributed by atoms with E-state index < -0.39 is 17.4 Å². The number of halogens is 2. The Morgan fingerprint density at radius 2 is 1.18 bits per heavy atom. The van der Waals surface area contributed by atoms with Crippen LogP contribution in [0.3, 0.4) is 0 Å². The molecule has 2 aliphatic rings. The molecule has 0 aliphatic heterocycles. The van der Waals surface area contributed by atoms with E-state index in [1.54, 1.807) is 27.8 Å². The number of aryl methyl sites for hydroxylation is 1. The van der Waals surface area contributed by atoms with Crippen LogP contribution in [0.25, 0.3) is 34.4 Å². The van der Waals surface area contributed by atoms with Crippen LogP contribution in [0.4, 0.5) is 0 Å². The summed E-state index contributed by atoms with van der Waals surface area (Å²) in [5.74, 6) is 0.499. The molecule has 4 aromatic rings. The maximum absolute atomic E-state index is 3.76. The topological polar surface area (TPSA) is 0 Å². The van der Waals surface area contributed by atoms with E-state index in [-0.39, 0.29) is 35.6 Å². The van der Waals surface area contributed by atoms with E-state index >= 15 is 0 Å². The third-order valence-electron chi connectivity index (χ3n) is 11.8. The fourth-order valence-electron chi connectivity index (χ4n) is 9.38. The minimum Gasteiger partial charge on any atom is -0.147 e. The molecule has 51 heavy (non-hydrogen) atoms. The van der Waals surface area contributed by atoms with E-state index in [4.69, 9.17) is 0 Å². The van der Waals surface area contributed by atoms with Crippen molar-refractivity contribution in [2.24, 2.45) is 5.92 Å². The first-order chi connectivity index (χ1) is 22.8. The number of hydrogen-bond donors (Lipinski definition) is 0. The summed E-state index contributed by atoms with van der Waals surface area (Å²) in [7, 11) is 0. The van der Waals surface area contributed by atoms with Crippen LogP contribution in [0, 0.1) is 5.92 Å². The molecular formula is C47H62Cl2SiZr. The number of allylic oxidation sites excluding steroid dienone is 2. The summed E-state index contributed by atoms with van der Waals surface area (Å²) in [4.78, 5) is 0. The maximum Gasteiger partial charge on any atom is -0.147 e. The van der Waals surface area contributed by atoms with E-state index in [9.17, 15) is 0 Å². The molecule has 0 fully saturated rings. The van der Waals surface area contributed by atoms with Gasteiger partial charge in [0.2, 0.25) is 0 Å². The zero-order valence-electron chi connectivity index (χ0n) is 33.3. The van der Waals surface area contributed by atoms with Crippen molar-refractivity contribution in [2.45, 2.75) is 109 Å². The predicted octanol–water partition coefficient (Wildman–Crippen LogP) is 14.0. The summed E-state index contributed by atoms with van der Waals surface area (Å²) in [6, 6.07) is 30.9. The zero-order valence-corrected chi connectivity index (χ0v) is 38.8. The van der Waals surface area contributed by atoms with Gasteiger partial charge in [-0.05, 0) is 0 Å². The Kier molecular flexibility index (Phi) is 12.0. The van der Waals surface area contributed by atoms with Crippen molar-refractivity contribution in [3.05, 3.63) is 129 Å². The predicted molar refractivity (Wildman–Crippen MR) is 232 cm³/mol. The van der Waals surface area contributed by atoms with Crippen molar-refractivity contribution in [1.82, 2.24) is 0 Å². The molecule has 0 saturated carbocycles. The van der Waals surface area contributed by atoms with Crippen molar-refractivity contribution < 1.29 is 17.4 Å². The van der Waals surface area contributed by atoms with Gasteiger partial charge in [0.25, 0.3) is 0 Å². The second-order valence-electron chi connectivity index (χ2n) is 18.8. The molecule has 4 aromatic carbocycles. The van der Waals surface area contributed by atoms with E-state index in [0.29, 0.717) is 13.2 Å². The van der Waals surface area contributed by atoms with Crippen LogP contribution in [-0.4, -0.2) is 6.88 Å². The normalized spacial score (nSPS) is 17.3. The second-order valence-corrected chi connectivity index (χ2v) is 49.3. The fourth-order valence-corrected chi connectivity index (χ4v) is 29.9. The summed E-state index contributed by atoms with van der Waals surface area (Å²) in [6.45, 7) is 26.0. The quantitative estimate of drug-likeness (QED) is 0.163. The Balaban J connectivity index is 0.00000292. The third-order valence-corrected chi connectivity index (χ3v) is 29.4. The molecule has 2 atom stereocenters. The van der Waals surface area contributed by atoms with E-state index in [1.165, 1.54) is 50.9 Å². The van der Waals surface area contributed by atoms with Crippen molar-refractivity contribution in [3.63, 3.8) is 0 Å². The average molecular weight is 817 g/mol. The van der Waals surface area contributed by atoms with Crippen LogP contribution in [0.2, 0.25) is 9.26 Å². The molecule has 0 spiro atoms. The molecule has 4 heteroatoms. The molecule has 0 amide bonds. The van der Waals surface area contributed by atoms with Gasteiger partial charge in [-0.15, -0.1) is 24.8 Å². The summed E-state index contributed by atoms with van der Waals surface area (Å²) in [5, 5.41) is 0. The minimum atomic E-state index is -3.76. The largest absolute Gasteiger partial charge is 0.147 e. The van der Waals surface area contributed by atoms with Crippen LogP contribution in [-0.2, 0) is 34.6 Å². The van der Waals surface area contributed by atoms with E-state index in [1.807, 2.05) is 0 Å². The van der Waals surface area contributed by atoms with Crippen molar-refractivity contribution in [2.75, 3.05) is 0 Å². The molecule has 0 radical (unpaired) electrons. The molecule has 0 heterocycles. The summed E-state index contributed by atoms with van der Waals surface area (Å²) < 4.78 is 6.63. The Morgan fingerprint density at radius 3 is 1.65 bits per heavy atom. The van der Waals surface area contributed by atoms with Gasteiger partial charge < -0.3 is 0 Å². The Bertz CT molecular complexity index is 2040. The summed E-state index contributed by atoms with van der Waals surface area (Å²) >= 11 is -3.76. The van der Waals surface area contributed by atoms with Crippen LogP contribution < -0.4 is 0 Å². The van der Waals surface area contributed by atoms with Crippen LogP contribution in [0.1, 0.15) is 122 Å². The molecule has 0 bridgehead atoms. The molecule has 0 saturated heterocycles. The van der Waals surface area contributed by atoms with Gasteiger partial charge in [0, 0.05) is 0 Å². The Hall–Kier alpha value is -1.96. The second kappa shape index (κ2) is 14.7. The number of rotatable bonds is 7. The van der Waals surface area contributed by atoms with Gasteiger partial charge in [-0.2, -0.15) is 0 Å². The minimum absolute atomic E-state index is 0. The van der Waals surface area contributed by atoms with Crippen molar-refractivity contribution in [3.8, 4) is 22.3 Å². The SMILES string of the molecule is CCCc1ccc(-c2ccc(C(C)(C)C)cc2)c2c1[CH]([Zr]([CH3])([CH3])(=[SiH2])[CH]1C(C(C)C)=Cc3c(-c4ccc(C(C)(C)C)cc4)cccc31)C(C)=C2.Cl.Cl. The summed E-state index contributed by atoms with van der Waals surface area (Å²) in [5.41, 5.74) is 19.6. The molecular weight excluding hydrogens is 755 g/mol. The van der Waals surface area contributed by atoms with Gasteiger partial charge in [0.15, 0.2) is 0 Å². The Morgan fingerprint density at radius 1 is 0.667 bits per heavy atom. The van der Waals surface area contributed by atoms with Gasteiger partial charge in [-0.25, -0.2) is 0 Å². The number of hydrogen-bond acceptors (Lipinski definition) is 0. The zero-order chi connectivity index (χ0) is 35.7. The molecule has 2 unspecified atom stereocenters. The van der Waals surface area contributed by atoms with E-state index in [2.05, 4.69) is 176 Å². The monoisotopic (exact) mass is 814 g/mol. The van der Waals surface area contributed by atoms with Gasteiger partial charge in [-0.1, -0.05) is 0 Å². The molecule has 0 N–H and O–H groups in total. The average Bonchev–Trinajstić information content (AvgIpc) is 3.61. The van der Waals surface area contributed by atoms with Crippen molar-refractivity contribution in [1.29, 1.82) is 0 Å². The maximum atomic E-state index is 2.80. The van der Waals surface area contributed by atoms with Gasteiger partial charge in [-0.3, -0.25) is 0 Å². The Labute approximate surface area is 325 Å². The van der Waals surface area contributed by atoms with Crippen LogP contribution in [0.5, 0.6) is 0 Å². The van der Waals surface area contributed by atoms with Crippen molar-refractivity contribution >= 4 is 43.8 Å². The van der Waals surface area contributed by atoms with Gasteiger partial charge in [0.1, 0.15) is 0 Å². The molecule has 0 aromatic heterocycles. The van der Waals surface area contributed by atoms with Crippen LogP contribution in [0.15, 0.2) is 90.0 Å². The fraction of sp³-hybridized carbons (Fsp3) is 0.404. The van der Waals surface area contributed by atoms with Gasteiger partial charge in [0.05, 0.1) is 0 Å². The molecule has 272 valence electrons. The van der Waals surface area contributed by atoms with Gasteiger partial charge >= 0.3 is 303 Å². The smallest absolute Gasteiger partial charge is 0.147 e. The number of benzene rings is 4.